The number of nitrogens with one attached hydrogen (secondary N) is 2. The molecule has 1 unspecified atom stereocenters. The summed E-state index contributed by atoms with van der Waals surface area (Å²) in [4.78, 5) is 39.9. The normalized spacial score (nSPS) is 16.6. The number of carbonyl (C=O) groups excluding carboxylic acids is 2. The lowest BCUT2D eigenvalue weighted by Gasteiger charge is -2.19. The van der Waals surface area contributed by atoms with Gasteiger partial charge in [0.2, 0.25) is 5.36 Å². The van der Waals surface area contributed by atoms with Crippen molar-refractivity contribution in [3.05, 3.63) is 71.1 Å². The van der Waals surface area contributed by atoms with E-state index in [1.54, 1.807) is 6.07 Å². The lowest BCUT2D eigenvalue weighted by molar-refractivity contribution is -0.0105. The van der Waals surface area contributed by atoms with Gasteiger partial charge in [-0.05, 0) is 72.6 Å². The molecule has 15 nitrogen and oxygen atoms in total. The predicted molar refractivity (Wildman–Crippen MR) is 239 cm³/mol. The number of hydrogen-bond acceptors (Lipinski definition) is 11. The minimum Gasteiger partial charge on any atom is -0.478 e. The average molecular weight is 870 g/mol. The fourth-order valence-electron chi connectivity index (χ4n) is 7.84. The molecule has 0 bridgehead atoms. The van der Waals surface area contributed by atoms with Gasteiger partial charge >= 0.3 is 12.1 Å². The molecule has 0 spiro atoms. The number of amides is 2. The summed E-state index contributed by atoms with van der Waals surface area (Å²) in [5.41, 5.74) is 3.72. The van der Waals surface area contributed by atoms with E-state index in [1.165, 1.54) is 12.1 Å². The Morgan fingerprint density at radius 2 is 1.35 bits per heavy atom. The highest BCUT2D eigenvalue weighted by molar-refractivity contribution is 6.09. The van der Waals surface area contributed by atoms with E-state index < -0.39 is 12.1 Å². The molecule has 2 aromatic carbocycles. The fourth-order valence-corrected chi connectivity index (χ4v) is 7.84. The van der Waals surface area contributed by atoms with Crippen molar-refractivity contribution in [2.45, 2.75) is 25.7 Å². The number of alkyl carbamates (subject to hydrolysis) is 1. The molecule has 1 heterocycles. The second-order valence-electron chi connectivity index (χ2n) is 16.0. The quantitative estimate of drug-likeness (QED) is 0.0375. The first-order valence-electron chi connectivity index (χ1n) is 21.7. The third-order valence-electron chi connectivity index (χ3n) is 11.3. The number of hydrogen-bond donors (Lipinski definition) is 3. The fraction of sp³-hybridized carbons (Fsp3) is 0.500. The summed E-state index contributed by atoms with van der Waals surface area (Å²) in [6.45, 7) is 4.96. The zero-order valence-electron chi connectivity index (χ0n) is 36.9. The monoisotopic (exact) mass is 869 g/mol. The van der Waals surface area contributed by atoms with Gasteiger partial charge in [0.05, 0.1) is 84.3 Å². The largest absolute Gasteiger partial charge is 0.478 e. The van der Waals surface area contributed by atoms with Crippen molar-refractivity contribution in [2.24, 2.45) is 17.8 Å². The maximum atomic E-state index is 13.3. The third kappa shape index (κ3) is 13.5. The van der Waals surface area contributed by atoms with Crippen LogP contribution in [0.1, 0.15) is 46.4 Å². The second kappa shape index (κ2) is 23.8. The Kier molecular flexibility index (Phi) is 17.8. The highest BCUT2D eigenvalue weighted by Gasteiger charge is 2.49. The first-order valence-corrected chi connectivity index (χ1v) is 21.7. The number of nitrogens with zero attached hydrogens (tertiary/aromatic N) is 2. The molecule has 63 heavy (non-hydrogen) atoms. The van der Waals surface area contributed by atoms with Crippen LogP contribution in [0.15, 0.2) is 59.0 Å². The van der Waals surface area contributed by atoms with Crippen molar-refractivity contribution in [3.63, 3.8) is 0 Å². The molecule has 0 aromatic heterocycles. The molecule has 3 aliphatic carbocycles. The SMILES string of the molecule is CN(C)c1ccc2c(-c3cc(C(=O)NCCOCCOCCOCCOCCOCCNC(=O)OCC4[C@H]5CCC#CCC[C@@H]45)ccc3C(=O)O)c3ccc(=[N+](C)C)cc-3oc2c1. The molecule has 3 atom stereocenters. The lowest BCUT2D eigenvalue weighted by Crippen LogP contribution is -2.29. The van der Waals surface area contributed by atoms with Crippen LogP contribution in [0.2, 0.25) is 0 Å². The predicted octanol–water partition coefficient (Wildman–Crippen LogP) is 4.98. The van der Waals surface area contributed by atoms with Crippen LogP contribution in [0.25, 0.3) is 33.4 Å². The Bertz CT molecular complexity index is 2260. The maximum Gasteiger partial charge on any atom is 0.407 e. The Morgan fingerprint density at radius 1 is 0.746 bits per heavy atom. The molecule has 1 aliphatic heterocycles. The molecule has 3 N–H and O–H groups in total. The van der Waals surface area contributed by atoms with Gasteiger partial charge in [-0.3, -0.25) is 4.79 Å². The summed E-state index contributed by atoms with van der Waals surface area (Å²) in [6, 6.07) is 16.2. The van der Waals surface area contributed by atoms with Crippen LogP contribution in [-0.2, 0) is 28.4 Å². The maximum absolute atomic E-state index is 13.3. The molecule has 1 fully saturated rings. The topological polar surface area (TPSA) is 170 Å². The summed E-state index contributed by atoms with van der Waals surface area (Å²) in [7, 11) is 7.76. The zero-order chi connectivity index (χ0) is 44.6. The van der Waals surface area contributed by atoms with Gasteiger partial charge < -0.3 is 53.5 Å². The number of aromatic carboxylic acids is 1. The van der Waals surface area contributed by atoms with E-state index >= 15 is 0 Å². The van der Waals surface area contributed by atoms with Crippen molar-refractivity contribution in [1.82, 2.24) is 15.2 Å². The van der Waals surface area contributed by atoms with E-state index in [4.69, 9.17) is 32.8 Å². The smallest absolute Gasteiger partial charge is 0.407 e. The minimum atomic E-state index is -1.10. The molecule has 6 rings (SSSR count). The zero-order valence-corrected chi connectivity index (χ0v) is 36.9. The van der Waals surface area contributed by atoms with Gasteiger partial charge in [0.15, 0.2) is 0 Å². The number of anilines is 1. The van der Waals surface area contributed by atoms with Gasteiger partial charge in [-0.25, -0.2) is 14.2 Å². The Labute approximate surface area is 369 Å². The van der Waals surface area contributed by atoms with Crippen molar-refractivity contribution in [1.29, 1.82) is 0 Å². The molecule has 1 saturated carbocycles. The molecule has 4 aliphatic rings. The Hall–Kier alpha value is -5.50. The summed E-state index contributed by atoms with van der Waals surface area (Å²) in [5.74, 6) is 7.31. The summed E-state index contributed by atoms with van der Waals surface area (Å²) in [5, 5.41) is 17.5. The van der Waals surface area contributed by atoms with E-state index in [9.17, 15) is 19.5 Å². The highest BCUT2D eigenvalue weighted by Crippen LogP contribution is 2.52. The summed E-state index contributed by atoms with van der Waals surface area (Å²) < 4.78 is 41.6. The number of carboxylic acid groups (broad SMARTS) is 1. The number of carboxylic acids is 1. The van der Waals surface area contributed by atoms with Crippen molar-refractivity contribution >= 4 is 34.6 Å². The van der Waals surface area contributed by atoms with E-state index in [-0.39, 0.29) is 24.6 Å². The summed E-state index contributed by atoms with van der Waals surface area (Å²) in [6.07, 6.45) is 3.71. The molecular formula is C48H61N4O11+. The van der Waals surface area contributed by atoms with Gasteiger partial charge in [-0.2, -0.15) is 0 Å². The van der Waals surface area contributed by atoms with Crippen LogP contribution in [0.4, 0.5) is 10.5 Å². The minimum absolute atomic E-state index is 0.0712. The number of rotatable bonds is 24. The van der Waals surface area contributed by atoms with Gasteiger partial charge in [-0.1, -0.05) is 0 Å². The van der Waals surface area contributed by atoms with Crippen LogP contribution in [0.5, 0.6) is 0 Å². The number of benzene rings is 3. The molecule has 0 saturated heterocycles. The Morgan fingerprint density at radius 3 is 1.94 bits per heavy atom. The average Bonchev–Trinajstić information content (AvgIpc) is 3.92. The first kappa shape index (κ1) is 47.0. The van der Waals surface area contributed by atoms with Crippen molar-refractivity contribution in [2.75, 3.05) is 119 Å². The standard InChI is InChI=1S/C48H60N4O11/c1-51(2)34-12-15-39-43(30-34)63-44-31-35(52(3)4)13-16-40(44)45(39)41-29-33(11-14-38(41)47(54)55)46(53)49-17-19-57-21-23-59-25-27-61-28-26-60-24-22-58-20-18-50-48(56)62-32-42-36-9-7-5-6-8-10-37(36)42/h11-16,29-31,36-37,42H,7-10,17-28,32H2,1-4H3,(H2-,49,50,53,54,55,56)/p+1/t36-,37+,42?. The molecule has 338 valence electrons. The lowest BCUT2D eigenvalue weighted by atomic mass is 9.89. The van der Waals surface area contributed by atoms with Crippen LogP contribution in [-0.4, -0.2) is 137 Å². The van der Waals surface area contributed by atoms with E-state index in [1.807, 2.05) is 74.1 Å². The van der Waals surface area contributed by atoms with Gasteiger partial charge in [-0.15, -0.1) is 11.8 Å². The molecule has 2 aromatic rings. The first-order chi connectivity index (χ1) is 30.6. The van der Waals surface area contributed by atoms with E-state index in [0.717, 1.165) is 47.7 Å². The van der Waals surface area contributed by atoms with Crippen molar-refractivity contribution in [3.8, 4) is 34.3 Å². The molecule has 15 heteroatoms. The highest BCUT2D eigenvalue weighted by atomic mass is 16.6. The molecule has 0 radical (unpaired) electrons. The Balaban J connectivity index is 0.824. The second-order valence-corrected chi connectivity index (χ2v) is 16.0. The van der Waals surface area contributed by atoms with Gasteiger partial charge in [0.25, 0.3) is 5.91 Å². The van der Waals surface area contributed by atoms with Crippen LogP contribution in [0, 0.1) is 29.6 Å². The number of fused-ring (bicyclic) bond motifs is 3. The van der Waals surface area contributed by atoms with Crippen LogP contribution in [0.3, 0.4) is 0 Å². The van der Waals surface area contributed by atoms with E-state index in [2.05, 4.69) is 22.5 Å². The van der Waals surface area contributed by atoms with Crippen LogP contribution >= 0.6 is 0 Å². The van der Waals surface area contributed by atoms with E-state index in [0.29, 0.717) is 118 Å². The third-order valence-corrected chi connectivity index (χ3v) is 11.3. The number of ether oxygens (including phenoxy) is 6. The summed E-state index contributed by atoms with van der Waals surface area (Å²) >= 11 is 0. The van der Waals surface area contributed by atoms with Gasteiger partial charge in [0, 0.05) is 79.9 Å². The number of carbonyl (C=O) groups is 3. The van der Waals surface area contributed by atoms with Gasteiger partial charge in [0.1, 0.15) is 25.4 Å². The molecular weight excluding hydrogens is 809 g/mol. The van der Waals surface area contributed by atoms with Crippen molar-refractivity contribution < 1.29 is 52.3 Å². The molecule has 2 amide bonds. The van der Waals surface area contributed by atoms with Crippen LogP contribution < -0.4 is 25.5 Å².